The Morgan fingerprint density at radius 3 is 2.08 bits per heavy atom. The van der Waals surface area contributed by atoms with Gasteiger partial charge in [0, 0.05) is 11.1 Å². The second kappa shape index (κ2) is 7.66. The molecule has 0 radical (unpaired) electrons. The highest BCUT2D eigenvalue weighted by molar-refractivity contribution is 6.29. The van der Waals surface area contributed by atoms with Crippen molar-refractivity contribution in [3.8, 4) is 17.2 Å². The van der Waals surface area contributed by atoms with Crippen LogP contribution < -0.4 is 14.2 Å². The Bertz CT molecular complexity index is 747. The lowest BCUT2D eigenvalue weighted by atomic mass is 9.96. The number of aliphatic hydroxyl groups excluding tert-OH is 1. The van der Waals surface area contributed by atoms with Gasteiger partial charge in [-0.3, -0.25) is 4.79 Å². The first-order chi connectivity index (χ1) is 11.6. The Balaban J connectivity index is 2.42. The summed E-state index contributed by atoms with van der Waals surface area (Å²) >= 11 is 0. The van der Waals surface area contributed by atoms with E-state index in [0.717, 1.165) is 0 Å². The Labute approximate surface area is 141 Å². The first-order valence-corrected chi connectivity index (χ1v) is 7.30. The number of rotatable bonds is 7. The van der Waals surface area contributed by atoms with Gasteiger partial charge in [0.25, 0.3) is 0 Å². The maximum Gasteiger partial charge on any atom is 0.196 e. The quantitative estimate of drug-likeness (QED) is 0.625. The van der Waals surface area contributed by atoms with Gasteiger partial charge in [0.05, 0.1) is 33.5 Å². The zero-order valence-corrected chi connectivity index (χ0v) is 14.0. The molecule has 0 aliphatic carbocycles. The summed E-state index contributed by atoms with van der Waals surface area (Å²) in [6, 6.07) is 10.3. The van der Waals surface area contributed by atoms with Crippen LogP contribution in [0, 0.1) is 0 Å². The van der Waals surface area contributed by atoms with Crippen LogP contribution in [-0.2, 0) is 6.61 Å². The molecule has 24 heavy (non-hydrogen) atoms. The summed E-state index contributed by atoms with van der Waals surface area (Å²) in [5.74, 6) is 1.04. The highest BCUT2D eigenvalue weighted by Crippen LogP contribution is 2.37. The molecule has 0 aliphatic rings. The van der Waals surface area contributed by atoms with Crippen LogP contribution in [0.4, 0.5) is 0 Å². The number of aliphatic hydroxyl groups is 1. The average molecular weight is 328 g/mol. The van der Waals surface area contributed by atoms with Crippen LogP contribution in [0.2, 0.25) is 0 Å². The largest absolute Gasteiger partial charge is 0.497 e. The number of hydrogen-bond donors (Lipinski definition) is 1. The number of ether oxygens (including phenoxy) is 3. The van der Waals surface area contributed by atoms with E-state index in [1.54, 1.807) is 43.5 Å². The van der Waals surface area contributed by atoms with Gasteiger partial charge in [-0.2, -0.15) is 0 Å². The van der Waals surface area contributed by atoms with E-state index in [2.05, 4.69) is 6.58 Å². The molecule has 0 spiro atoms. The molecule has 0 unspecified atom stereocenters. The number of carbonyl (C=O) groups excluding carboxylic acids is 1. The molecule has 5 heteroatoms. The average Bonchev–Trinajstić information content (AvgIpc) is 2.65. The third kappa shape index (κ3) is 3.26. The second-order valence-corrected chi connectivity index (χ2v) is 5.03. The van der Waals surface area contributed by atoms with Gasteiger partial charge in [0.2, 0.25) is 0 Å². The van der Waals surface area contributed by atoms with Gasteiger partial charge >= 0.3 is 0 Å². The number of allylic oxidation sites excluding steroid dienone is 1. The summed E-state index contributed by atoms with van der Waals surface area (Å²) in [6.07, 6.45) is 0. The Kier molecular flexibility index (Phi) is 5.60. The molecule has 0 aromatic heterocycles. The second-order valence-electron chi connectivity index (χ2n) is 5.03. The van der Waals surface area contributed by atoms with Crippen LogP contribution in [0.5, 0.6) is 17.2 Å². The van der Waals surface area contributed by atoms with Gasteiger partial charge in [0.1, 0.15) is 5.75 Å². The van der Waals surface area contributed by atoms with E-state index in [1.165, 1.54) is 14.2 Å². The molecule has 0 aliphatic heterocycles. The van der Waals surface area contributed by atoms with Crippen molar-refractivity contribution < 1.29 is 24.1 Å². The van der Waals surface area contributed by atoms with E-state index in [0.29, 0.717) is 33.8 Å². The van der Waals surface area contributed by atoms with Gasteiger partial charge in [0.15, 0.2) is 17.3 Å². The lowest BCUT2D eigenvalue weighted by Crippen LogP contribution is -2.07. The van der Waals surface area contributed by atoms with E-state index in [1.807, 2.05) is 0 Å². The van der Waals surface area contributed by atoms with Crippen molar-refractivity contribution in [2.45, 2.75) is 6.61 Å². The van der Waals surface area contributed by atoms with E-state index >= 15 is 0 Å². The van der Waals surface area contributed by atoms with Gasteiger partial charge in [-0.15, -0.1) is 0 Å². The van der Waals surface area contributed by atoms with E-state index < -0.39 is 0 Å². The summed E-state index contributed by atoms with van der Waals surface area (Å²) in [6.45, 7) is 3.68. The highest BCUT2D eigenvalue weighted by atomic mass is 16.5. The van der Waals surface area contributed by atoms with Gasteiger partial charge in [-0.1, -0.05) is 24.8 Å². The predicted octanol–water partition coefficient (Wildman–Crippen LogP) is 3.10. The summed E-state index contributed by atoms with van der Waals surface area (Å²) in [7, 11) is 4.49. The normalized spacial score (nSPS) is 10.2. The van der Waals surface area contributed by atoms with Crippen LogP contribution in [0.15, 0.2) is 43.0 Å². The molecule has 0 saturated carbocycles. The van der Waals surface area contributed by atoms with Crippen LogP contribution in [0.25, 0.3) is 5.57 Å². The van der Waals surface area contributed by atoms with Crippen molar-refractivity contribution in [2.24, 2.45) is 0 Å². The summed E-state index contributed by atoms with van der Waals surface area (Å²) in [5, 5.41) is 9.39. The van der Waals surface area contributed by atoms with Crippen LogP contribution in [0.3, 0.4) is 0 Å². The zero-order chi connectivity index (χ0) is 17.7. The molecule has 0 bridgehead atoms. The van der Waals surface area contributed by atoms with E-state index in [-0.39, 0.29) is 18.1 Å². The topological polar surface area (TPSA) is 65.0 Å². The smallest absolute Gasteiger partial charge is 0.196 e. The molecule has 0 amide bonds. The number of carbonyl (C=O) groups is 1. The van der Waals surface area contributed by atoms with Crippen molar-refractivity contribution >= 4 is 11.4 Å². The third-order valence-corrected chi connectivity index (χ3v) is 3.73. The first kappa shape index (κ1) is 17.6. The fraction of sp³-hybridized carbons (Fsp3) is 0.211. The number of ketones is 1. The standard InChI is InChI=1S/C19H20O5/c1-12(13-5-8-15(22-2)9-6-13)17(21)16-10-7-14(11-20)18(23-3)19(16)24-4/h5-10,20H,1,11H2,2-4H3. The van der Waals surface area contributed by atoms with Gasteiger partial charge in [-0.05, 0) is 23.8 Å². The molecular weight excluding hydrogens is 308 g/mol. The van der Waals surface area contributed by atoms with Crippen molar-refractivity contribution in [1.82, 2.24) is 0 Å². The number of hydrogen-bond acceptors (Lipinski definition) is 5. The maximum absolute atomic E-state index is 12.8. The molecule has 2 aromatic carbocycles. The fourth-order valence-electron chi connectivity index (χ4n) is 2.42. The molecule has 2 rings (SSSR count). The monoisotopic (exact) mass is 328 g/mol. The Hall–Kier alpha value is -2.79. The molecule has 126 valence electrons. The molecule has 0 atom stereocenters. The SMILES string of the molecule is C=C(C(=O)c1ccc(CO)c(OC)c1OC)c1ccc(OC)cc1. The maximum atomic E-state index is 12.8. The highest BCUT2D eigenvalue weighted by Gasteiger charge is 2.22. The molecule has 2 aromatic rings. The van der Waals surface area contributed by atoms with E-state index in [9.17, 15) is 9.90 Å². The minimum absolute atomic E-state index is 0.215. The summed E-state index contributed by atoms with van der Waals surface area (Å²) < 4.78 is 15.7. The number of methoxy groups -OCH3 is 3. The minimum Gasteiger partial charge on any atom is -0.497 e. The predicted molar refractivity (Wildman–Crippen MR) is 91.8 cm³/mol. The van der Waals surface area contributed by atoms with Gasteiger partial charge in [-0.25, -0.2) is 0 Å². The summed E-state index contributed by atoms with van der Waals surface area (Å²) in [5.41, 5.74) is 1.89. The third-order valence-electron chi connectivity index (χ3n) is 3.73. The van der Waals surface area contributed by atoms with Crippen molar-refractivity contribution in [3.05, 3.63) is 59.7 Å². The van der Waals surface area contributed by atoms with Crippen LogP contribution in [0.1, 0.15) is 21.5 Å². The molecule has 5 nitrogen and oxygen atoms in total. The van der Waals surface area contributed by atoms with E-state index in [4.69, 9.17) is 14.2 Å². The summed E-state index contributed by atoms with van der Waals surface area (Å²) in [4.78, 5) is 12.8. The Morgan fingerprint density at radius 2 is 1.58 bits per heavy atom. The van der Waals surface area contributed by atoms with Crippen LogP contribution >= 0.6 is 0 Å². The molecule has 1 N–H and O–H groups in total. The van der Waals surface area contributed by atoms with Crippen molar-refractivity contribution in [2.75, 3.05) is 21.3 Å². The molecular formula is C19H20O5. The molecule has 0 heterocycles. The van der Waals surface area contributed by atoms with Crippen molar-refractivity contribution in [3.63, 3.8) is 0 Å². The molecule has 0 saturated heterocycles. The lowest BCUT2D eigenvalue weighted by Gasteiger charge is -2.16. The fourth-order valence-corrected chi connectivity index (χ4v) is 2.42. The molecule has 0 fully saturated rings. The number of Topliss-reactive ketones (excluding diaryl/α,β-unsaturated/α-hetero) is 1. The first-order valence-electron chi connectivity index (χ1n) is 7.30. The Morgan fingerprint density at radius 1 is 0.958 bits per heavy atom. The van der Waals surface area contributed by atoms with Crippen molar-refractivity contribution in [1.29, 1.82) is 0 Å². The minimum atomic E-state index is -0.278. The van der Waals surface area contributed by atoms with Gasteiger partial charge < -0.3 is 19.3 Å². The van der Waals surface area contributed by atoms with Crippen LogP contribution in [-0.4, -0.2) is 32.2 Å². The lowest BCUT2D eigenvalue weighted by molar-refractivity contribution is 0.105. The number of benzene rings is 2. The zero-order valence-electron chi connectivity index (χ0n) is 14.0.